The largest absolute Gasteiger partial charge is 0.478 e. The number of nitrogens with one attached hydrogen (secondary N) is 1. The van der Waals surface area contributed by atoms with Gasteiger partial charge in [0.25, 0.3) is 0 Å². The second-order valence-corrected chi connectivity index (χ2v) is 4.64. The van der Waals surface area contributed by atoms with Crippen molar-refractivity contribution >= 4 is 28.8 Å². The molecular formula is C11H12N4O2S. The summed E-state index contributed by atoms with van der Waals surface area (Å²) in [7, 11) is 0. The Kier molecular flexibility index (Phi) is 3.42. The van der Waals surface area contributed by atoms with E-state index in [1.807, 2.05) is 12.3 Å². The van der Waals surface area contributed by atoms with Gasteiger partial charge in [0.1, 0.15) is 10.8 Å². The molecule has 94 valence electrons. The summed E-state index contributed by atoms with van der Waals surface area (Å²) in [5.41, 5.74) is 6.68. The molecule has 0 saturated carbocycles. The molecule has 2 aromatic rings. The van der Waals surface area contributed by atoms with Gasteiger partial charge < -0.3 is 16.2 Å². The van der Waals surface area contributed by atoms with Gasteiger partial charge in [0.15, 0.2) is 0 Å². The van der Waals surface area contributed by atoms with Gasteiger partial charge in [0, 0.05) is 11.1 Å². The van der Waals surface area contributed by atoms with Gasteiger partial charge in [0.2, 0.25) is 0 Å². The molecule has 0 aliphatic carbocycles. The van der Waals surface area contributed by atoms with E-state index in [0.29, 0.717) is 12.4 Å². The Morgan fingerprint density at radius 2 is 2.39 bits per heavy atom. The van der Waals surface area contributed by atoms with E-state index in [0.717, 1.165) is 10.7 Å². The van der Waals surface area contributed by atoms with E-state index in [1.54, 1.807) is 11.3 Å². The van der Waals surface area contributed by atoms with Gasteiger partial charge in [0.05, 0.1) is 24.0 Å². The van der Waals surface area contributed by atoms with Crippen LogP contribution in [0.1, 0.15) is 21.1 Å². The number of nitrogens with zero attached hydrogens (tertiary/aromatic N) is 2. The van der Waals surface area contributed by atoms with E-state index in [-0.39, 0.29) is 11.3 Å². The van der Waals surface area contributed by atoms with Crippen molar-refractivity contribution in [1.29, 1.82) is 0 Å². The van der Waals surface area contributed by atoms with Crippen LogP contribution in [0.5, 0.6) is 0 Å². The summed E-state index contributed by atoms with van der Waals surface area (Å²) >= 11 is 1.54. The number of carbonyl (C=O) groups is 1. The third kappa shape index (κ3) is 2.75. The van der Waals surface area contributed by atoms with Crippen LogP contribution in [0, 0.1) is 6.92 Å². The van der Waals surface area contributed by atoms with Crippen LogP contribution in [0.2, 0.25) is 0 Å². The van der Waals surface area contributed by atoms with Crippen LogP contribution in [0.15, 0.2) is 17.6 Å². The fourth-order valence-corrected chi connectivity index (χ4v) is 2.11. The lowest BCUT2D eigenvalue weighted by molar-refractivity contribution is 0.0698. The zero-order valence-corrected chi connectivity index (χ0v) is 10.5. The highest BCUT2D eigenvalue weighted by molar-refractivity contribution is 7.09. The van der Waals surface area contributed by atoms with Gasteiger partial charge in [-0.3, -0.25) is 0 Å². The number of nitrogen functional groups attached to an aromatic ring is 1. The minimum Gasteiger partial charge on any atom is -0.478 e. The SMILES string of the molecule is Cc1csc(CNc2cc(C(=O)O)c(N)cn2)n1. The van der Waals surface area contributed by atoms with Gasteiger partial charge in [-0.1, -0.05) is 0 Å². The third-order valence-corrected chi connectivity index (χ3v) is 3.22. The molecule has 0 unspecified atom stereocenters. The molecule has 0 aliphatic heterocycles. The molecule has 0 aliphatic rings. The Hall–Kier alpha value is -2.15. The first-order valence-electron chi connectivity index (χ1n) is 5.20. The zero-order valence-electron chi connectivity index (χ0n) is 9.67. The summed E-state index contributed by atoms with van der Waals surface area (Å²) in [6.07, 6.45) is 1.33. The number of carboxylic acids is 1. The van der Waals surface area contributed by atoms with E-state index in [4.69, 9.17) is 10.8 Å². The average molecular weight is 264 g/mol. The molecular weight excluding hydrogens is 252 g/mol. The van der Waals surface area contributed by atoms with Crippen molar-refractivity contribution < 1.29 is 9.90 Å². The minimum atomic E-state index is -1.07. The molecule has 0 saturated heterocycles. The number of carboxylic acid groups (broad SMARTS) is 1. The number of rotatable bonds is 4. The lowest BCUT2D eigenvalue weighted by Gasteiger charge is -2.06. The van der Waals surface area contributed by atoms with Crippen LogP contribution in [-0.2, 0) is 6.54 Å². The highest BCUT2D eigenvalue weighted by atomic mass is 32.1. The van der Waals surface area contributed by atoms with E-state index < -0.39 is 5.97 Å². The molecule has 0 bridgehead atoms. The molecule has 2 heterocycles. The fourth-order valence-electron chi connectivity index (χ4n) is 1.40. The number of nitrogens with two attached hydrogens (primary N) is 1. The van der Waals surface area contributed by atoms with E-state index >= 15 is 0 Å². The highest BCUT2D eigenvalue weighted by Crippen LogP contribution is 2.16. The summed E-state index contributed by atoms with van der Waals surface area (Å²) in [4.78, 5) is 19.2. The maximum Gasteiger partial charge on any atom is 0.337 e. The lowest BCUT2D eigenvalue weighted by Crippen LogP contribution is -2.07. The van der Waals surface area contributed by atoms with Gasteiger partial charge in [-0.25, -0.2) is 14.8 Å². The van der Waals surface area contributed by atoms with Crippen LogP contribution in [-0.4, -0.2) is 21.0 Å². The van der Waals surface area contributed by atoms with Gasteiger partial charge in [-0.05, 0) is 13.0 Å². The summed E-state index contributed by atoms with van der Waals surface area (Å²) < 4.78 is 0. The predicted octanol–water partition coefficient (Wildman–Crippen LogP) is 1.74. The Bertz CT molecular complexity index is 582. The molecule has 4 N–H and O–H groups in total. The van der Waals surface area contributed by atoms with E-state index in [9.17, 15) is 4.79 Å². The maximum atomic E-state index is 10.9. The molecule has 0 aromatic carbocycles. The van der Waals surface area contributed by atoms with E-state index in [1.165, 1.54) is 12.3 Å². The van der Waals surface area contributed by atoms with Crippen molar-refractivity contribution in [3.63, 3.8) is 0 Å². The maximum absolute atomic E-state index is 10.9. The molecule has 7 heteroatoms. The monoisotopic (exact) mass is 264 g/mol. The summed E-state index contributed by atoms with van der Waals surface area (Å²) in [5, 5.41) is 14.8. The Morgan fingerprint density at radius 3 is 3.00 bits per heavy atom. The van der Waals surface area contributed by atoms with Crippen LogP contribution in [0.25, 0.3) is 0 Å². The molecule has 0 radical (unpaired) electrons. The summed E-state index contributed by atoms with van der Waals surface area (Å²) in [6.45, 7) is 2.43. The number of anilines is 2. The topological polar surface area (TPSA) is 101 Å². The van der Waals surface area contributed by atoms with Crippen molar-refractivity contribution in [2.45, 2.75) is 13.5 Å². The van der Waals surface area contributed by atoms with Crippen molar-refractivity contribution in [3.05, 3.63) is 33.9 Å². The third-order valence-electron chi connectivity index (χ3n) is 2.25. The first-order chi connectivity index (χ1) is 8.56. The predicted molar refractivity (Wildman–Crippen MR) is 69.8 cm³/mol. The fraction of sp³-hybridized carbons (Fsp3) is 0.182. The molecule has 18 heavy (non-hydrogen) atoms. The number of pyridine rings is 1. The van der Waals surface area contributed by atoms with Crippen molar-refractivity contribution in [2.24, 2.45) is 0 Å². The van der Waals surface area contributed by atoms with Crippen LogP contribution < -0.4 is 11.1 Å². The number of hydrogen-bond donors (Lipinski definition) is 3. The van der Waals surface area contributed by atoms with Crippen molar-refractivity contribution in [1.82, 2.24) is 9.97 Å². The number of hydrogen-bond acceptors (Lipinski definition) is 6. The van der Waals surface area contributed by atoms with Crippen LogP contribution in [0.3, 0.4) is 0 Å². The molecule has 2 rings (SSSR count). The van der Waals surface area contributed by atoms with Gasteiger partial charge in [-0.2, -0.15) is 0 Å². The standard InChI is InChI=1S/C11H12N4O2S/c1-6-5-18-10(15-6)4-14-9-2-7(11(16)17)8(12)3-13-9/h2-3,5H,4,12H2,1H3,(H,13,14)(H,16,17). The first-order valence-corrected chi connectivity index (χ1v) is 6.08. The summed E-state index contributed by atoms with van der Waals surface area (Å²) in [5.74, 6) is -0.600. The number of aromatic nitrogens is 2. The highest BCUT2D eigenvalue weighted by Gasteiger charge is 2.09. The second-order valence-electron chi connectivity index (χ2n) is 3.70. The van der Waals surface area contributed by atoms with Gasteiger partial charge >= 0.3 is 5.97 Å². The quantitative estimate of drug-likeness (QED) is 0.777. The Labute approximate surface area is 108 Å². The normalized spacial score (nSPS) is 10.3. The molecule has 0 amide bonds. The lowest BCUT2D eigenvalue weighted by atomic mass is 10.2. The average Bonchev–Trinajstić information content (AvgIpc) is 2.74. The first kappa shape index (κ1) is 12.3. The summed E-state index contributed by atoms with van der Waals surface area (Å²) in [6, 6.07) is 1.41. The van der Waals surface area contributed by atoms with Crippen LogP contribution in [0.4, 0.5) is 11.5 Å². The molecule has 2 aromatic heterocycles. The zero-order chi connectivity index (χ0) is 13.1. The van der Waals surface area contributed by atoms with E-state index in [2.05, 4.69) is 15.3 Å². The molecule has 0 fully saturated rings. The number of aryl methyl sites for hydroxylation is 1. The Balaban J connectivity index is 2.10. The van der Waals surface area contributed by atoms with Crippen LogP contribution >= 0.6 is 11.3 Å². The molecule has 0 spiro atoms. The minimum absolute atomic E-state index is 0.0443. The second kappa shape index (κ2) is 5.01. The number of aromatic carboxylic acids is 1. The number of thiazole rings is 1. The molecule has 6 nitrogen and oxygen atoms in total. The van der Waals surface area contributed by atoms with Crippen molar-refractivity contribution in [3.8, 4) is 0 Å². The smallest absolute Gasteiger partial charge is 0.337 e. The van der Waals surface area contributed by atoms with Gasteiger partial charge in [-0.15, -0.1) is 11.3 Å². The van der Waals surface area contributed by atoms with Crippen molar-refractivity contribution in [2.75, 3.05) is 11.1 Å². The Morgan fingerprint density at radius 1 is 1.61 bits per heavy atom. The molecule has 0 atom stereocenters.